The molecule has 0 aromatic carbocycles. The zero-order valence-electron chi connectivity index (χ0n) is 9.08. The monoisotopic (exact) mass is 223 g/mol. The lowest BCUT2D eigenvalue weighted by molar-refractivity contribution is 0.0466. The minimum Gasteiger partial charge on any atom is -0.371 e. The molecule has 0 unspecified atom stereocenters. The Balaban J connectivity index is 4.73. The highest BCUT2D eigenvalue weighted by molar-refractivity contribution is 6.64. The van der Waals surface area contributed by atoms with Gasteiger partial charge in [-0.05, 0) is 20.8 Å². The van der Waals surface area contributed by atoms with Crippen LogP contribution in [0, 0.1) is 0 Å². The van der Waals surface area contributed by atoms with Crippen LogP contribution in [0.25, 0.3) is 0 Å². The van der Waals surface area contributed by atoms with Crippen molar-refractivity contribution in [1.29, 1.82) is 0 Å². The Hall–Kier alpha value is -0.0231. The largest absolute Gasteiger partial charge is 0.553 e. The number of hydrogen-bond acceptors (Lipinski definition) is 6. The van der Waals surface area contributed by atoms with E-state index in [9.17, 15) is 0 Å². The molecule has 7 heteroatoms. The van der Waals surface area contributed by atoms with Crippen molar-refractivity contribution in [1.82, 2.24) is 0 Å². The topological polar surface area (TPSA) is 106 Å². The molecule has 0 aliphatic heterocycles. The third-order valence-electron chi connectivity index (χ3n) is 1.53. The van der Waals surface area contributed by atoms with Crippen molar-refractivity contribution < 1.29 is 13.3 Å². The molecule has 0 aromatic rings. The van der Waals surface area contributed by atoms with Gasteiger partial charge in [0, 0.05) is 19.8 Å². The van der Waals surface area contributed by atoms with Crippen molar-refractivity contribution in [2.24, 2.45) is 17.2 Å². The van der Waals surface area contributed by atoms with Crippen LogP contribution in [0.2, 0.25) is 0 Å². The van der Waals surface area contributed by atoms with Crippen LogP contribution in [0.5, 0.6) is 0 Å². The molecular formula is C7H21N3O3Si. The molecule has 0 amide bonds. The fraction of sp³-hybridized carbons (Fsp3) is 1.00. The van der Waals surface area contributed by atoms with Crippen LogP contribution in [0.1, 0.15) is 20.8 Å². The molecule has 0 saturated heterocycles. The number of rotatable bonds is 7. The molecule has 86 valence electrons. The number of nitrogens with two attached hydrogens (primary N) is 3. The van der Waals surface area contributed by atoms with E-state index in [1.54, 1.807) is 0 Å². The molecule has 0 heterocycles. The van der Waals surface area contributed by atoms with Crippen LogP contribution >= 0.6 is 0 Å². The van der Waals surface area contributed by atoms with E-state index in [4.69, 9.17) is 30.5 Å². The van der Waals surface area contributed by atoms with E-state index in [0.29, 0.717) is 19.8 Å². The zero-order chi connectivity index (χ0) is 11.2. The highest BCUT2D eigenvalue weighted by Crippen LogP contribution is 2.15. The second-order valence-electron chi connectivity index (χ2n) is 2.79. The van der Waals surface area contributed by atoms with Gasteiger partial charge < -0.3 is 13.3 Å². The first-order chi connectivity index (χ1) is 6.43. The van der Waals surface area contributed by atoms with Crippen LogP contribution in [0.4, 0.5) is 0 Å². The molecule has 0 fully saturated rings. The van der Waals surface area contributed by atoms with E-state index in [-0.39, 0.29) is 0 Å². The Morgan fingerprint density at radius 3 is 1.29 bits per heavy atom. The van der Waals surface area contributed by atoms with Gasteiger partial charge in [0.25, 0.3) is 0 Å². The summed E-state index contributed by atoms with van der Waals surface area (Å²) in [6.07, 6.45) is 0. The predicted molar refractivity (Wildman–Crippen MR) is 55.9 cm³/mol. The fourth-order valence-electron chi connectivity index (χ4n) is 1.07. The van der Waals surface area contributed by atoms with E-state index >= 15 is 0 Å². The first-order valence-electron chi connectivity index (χ1n) is 4.72. The minimum absolute atomic E-state index is 0.402. The van der Waals surface area contributed by atoms with E-state index in [0.717, 1.165) is 0 Å². The third kappa shape index (κ3) is 3.28. The second-order valence-corrected chi connectivity index (χ2v) is 5.63. The summed E-state index contributed by atoms with van der Waals surface area (Å²) in [6.45, 7) is 6.64. The average Bonchev–Trinajstić information content (AvgIpc) is 2.03. The summed E-state index contributed by atoms with van der Waals surface area (Å²) in [5.74, 6) is 0. The summed E-state index contributed by atoms with van der Waals surface area (Å²) in [6, 6.07) is 0. The van der Waals surface area contributed by atoms with Crippen LogP contribution in [-0.2, 0) is 13.3 Å². The SMILES string of the molecule is CCO[Si](OCC)(OCC)C(N)(N)N. The first-order valence-corrected chi connectivity index (χ1v) is 6.44. The average molecular weight is 223 g/mol. The summed E-state index contributed by atoms with van der Waals surface area (Å²) < 4.78 is 16.2. The van der Waals surface area contributed by atoms with Crippen molar-refractivity contribution >= 4 is 8.80 Å². The molecule has 6 nitrogen and oxygen atoms in total. The highest BCUT2D eigenvalue weighted by Gasteiger charge is 2.55. The molecule has 0 saturated carbocycles. The van der Waals surface area contributed by atoms with Crippen LogP contribution in [0.15, 0.2) is 0 Å². The number of hydrogen-bond donors (Lipinski definition) is 3. The Morgan fingerprint density at radius 2 is 1.14 bits per heavy atom. The molecule has 0 bridgehead atoms. The van der Waals surface area contributed by atoms with Crippen LogP contribution in [0.3, 0.4) is 0 Å². The molecule has 0 spiro atoms. The Labute approximate surface area is 86.0 Å². The van der Waals surface area contributed by atoms with Gasteiger partial charge in [0.15, 0.2) is 5.41 Å². The Kier molecular flexibility index (Phi) is 5.75. The summed E-state index contributed by atoms with van der Waals surface area (Å²) in [7, 11) is -3.16. The van der Waals surface area contributed by atoms with Crippen molar-refractivity contribution in [2.45, 2.75) is 26.2 Å². The van der Waals surface area contributed by atoms with Gasteiger partial charge >= 0.3 is 8.80 Å². The normalized spacial score (nSPS) is 13.3. The van der Waals surface area contributed by atoms with Crippen LogP contribution in [-0.4, -0.2) is 34.0 Å². The van der Waals surface area contributed by atoms with Crippen molar-refractivity contribution in [2.75, 3.05) is 19.8 Å². The highest BCUT2D eigenvalue weighted by atomic mass is 28.4. The quantitative estimate of drug-likeness (QED) is 0.382. The third-order valence-corrected chi connectivity index (χ3v) is 4.60. The molecule has 0 aromatic heterocycles. The summed E-state index contributed by atoms with van der Waals surface area (Å²) in [5.41, 5.74) is 15.3. The lowest BCUT2D eigenvalue weighted by atomic mass is 10.9. The molecular weight excluding hydrogens is 202 g/mol. The van der Waals surface area contributed by atoms with E-state index in [1.807, 2.05) is 20.8 Å². The smallest absolute Gasteiger partial charge is 0.371 e. The lowest BCUT2D eigenvalue weighted by Gasteiger charge is -2.37. The van der Waals surface area contributed by atoms with Crippen molar-refractivity contribution in [3.63, 3.8) is 0 Å². The van der Waals surface area contributed by atoms with Gasteiger partial charge in [-0.25, -0.2) is 0 Å². The van der Waals surface area contributed by atoms with E-state index < -0.39 is 14.2 Å². The van der Waals surface area contributed by atoms with Crippen LogP contribution < -0.4 is 17.2 Å². The van der Waals surface area contributed by atoms with Gasteiger partial charge in [-0.15, -0.1) is 0 Å². The van der Waals surface area contributed by atoms with E-state index in [2.05, 4.69) is 0 Å². The van der Waals surface area contributed by atoms with Gasteiger partial charge in [0.1, 0.15) is 0 Å². The summed E-state index contributed by atoms with van der Waals surface area (Å²) in [5, 5.41) is 0. The molecule has 6 N–H and O–H groups in total. The van der Waals surface area contributed by atoms with Gasteiger partial charge in [-0.1, -0.05) is 0 Å². The molecule has 14 heavy (non-hydrogen) atoms. The fourth-order valence-corrected chi connectivity index (χ4v) is 3.21. The maximum absolute atomic E-state index is 5.62. The standard InChI is InChI=1S/C7H21N3O3Si/c1-4-11-14(12-5-2,13-6-3)7(8,9)10/h4-6,8-10H2,1-3H3. The summed E-state index contributed by atoms with van der Waals surface area (Å²) in [4.78, 5) is 0. The van der Waals surface area contributed by atoms with Crippen molar-refractivity contribution in [3.8, 4) is 0 Å². The van der Waals surface area contributed by atoms with Gasteiger partial charge in [-0.3, -0.25) is 17.2 Å². The molecule has 0 radical (unpaired) electrons. The van der Waals surface area contributed by atoms with Gasteiger partial charge in [0.05, 0.1) is 0 Å². The van der Waals surface area contributed by atoms with E-state index in [1.165, 1.54) is 0 Å². The molecule has 0 rings (SSSR count). The first kappa shape index (κ1) is 14.0. The molecule has 0 atom stereocenters. The van der Waals surface area contributed by atoms with Crippen molar-refractivity contribution in [3.05, 3.63) is 0 Å². The maximum Gasteiger partial charge on any atom is 0.553 e. The molecule has 0 aliphatic rings. The summed E-state index contributed by atoms with van der Waals surface area (Å²) >= 11 is 0. The minimum atomic E-state index is -3.16. The Bertz CT molecular complexity index is 146. The molecule has 0 aliphatic carbocycles. The second kappa shape index (κ2) is 5.76. The lowest BCUT2D eigenvalue weighted by Crippen LogP contribution is -2.80. The van der Waals surface area contributed by atoms with Gasteiger partial charge in [-0.2, -0.15) is 0 Å². The zero-order valence-corrected chi connectivity index (χ0v) is 10.1. The Morgan fingerprint density at radius 1 is 0.857 bits per heavy atom. The van der Waals surface area contributed by atoms with Gasteiger partial charge in [0.2, 0.25) is 0 Å². The predicted octanol–water partition coefficient (Wildman–Crippen LogP) is -0.896. The maximum atomic E-state index is 5.62.